The zero-order valence-electron chi connectivity index (χ0n) is 16.5. The van der Waals surface area contributed by atoms with Gasteiger partial charge < -0.3 is 15.4 Å². The lowest BCUT2D eigenvalue weighted by Crippen LogP contribution is -2.47. The molecule has 1 heterocycles. The number of hydrogen-bond donors (Lipinski definition) is 2. The Bertz CT molecular complexity index is 739. The van der Waals surface area contributed by atoms with E-state index in [4.69, 9.17) is 4.74 Å². The Labute approximate surface area is 164 Å². The van der Waals surface area contributed by atoms with Gasteiger partial charge in [0.1, 0.15) is 12.1 Å². The monoisotopic (exact) mass is 389 g/mol. The number of nitrogens with one attached hydrogen (secondary N) is 2. The highest BCUT2D eigenvalue weighted by molar-refractivity contribution is 6.10. The molecule has 152 valence electrons. The Kier molecular flexibility index (Phi) is 7.14. The summed E-state index contributed by atoms with van der Waals surface area (Å²) in [6.07, 6.45) is 2.58. The topological polar surface area (TPSA) is 105 Å². The number of carbonyl (C=O) groups is 4. The minimum atomic E-state index is -0.915. The van der Waals surface area contributed by atoms with Crippen LogP contribution in [0, 0.1) is 0 Å². The molecule has 1 aliphatic heterocycles. The molecule has 1 saturated heterocycles. The molecule has 8 nitrogen and oxygen atoms in total. The number of amides is 4. The van der Waals surface area contributed by atoms with Gasteiger partial charge in [-0.15, -0.1) is 0 Å². The molecule has 1 aliphatic rings. The smallest absolute Gasteiger partial charge is 0.338 e. The van der Waals surface area contributed by atoms with Gasteiger partial charge in [-0.05, 0) is 44.0 Å². The van der Waals surface area contributed by atoms with Gasteiger partial charge in [0, 0.05) is 5.69 Å². The van der Waals surface area contributed by atoms with E-state index < -0.39 is 23.4 Å². The summed E-state index contributed by atoms with van der Waals surface area (Å²) in [5, 5.41) is 5.41. The van der Waals surface area contributed by atoms with Crippen molar-refractivity contribution in [3.8, 4) is 0 Å². The molecule has 28 heavy (non-hydrogen) atoms. The van der Waals surface area contributed by atoms with Crippen molar-refractivity contribution in [2.45, 2.75) is 52.0 Å². The maximum absolute atomic E-state index is 12.8. The number of nitrogens with zero attached hydrogens (tertiary/aromatic N) is 1. The van der Waals surface area contributed by atoms with Crippen LogP contribution in [-0.4, -0.2) is 47.4 Å². The van der Waals surface area contributed by atoms with Gasteiger partial charge in [-0.2, -0.15) is 0 Å². The Balaban J connectivity index is 2.01. The normalized spacial score (nSPS) is 15.3. The molecule has 4 amide bonds. The van der Waals surface area contributed by atoms with Crippen molar-refractivity contribution in [1.29, 1.82) is 0 Å². The van der Waals surface area contributed by atoms with Crippen molar-refractivity contribution < 1.29 is 23.9 Å². The van der Waals surface area contributed by atoms with Crippen LogP contribution in [-0.2, 0) is 14.3 Å². The van der Waals surface area contributed by atoms with Crippen LogP contribution < -0.4 is 10.6 Å². The van der Waals surface area contributed by atoms with E-state index in [0.717, 1.165) is 17.7 Å². The maximum Gasteiger partial charge on any atom is 0.338 e. The fraction of sp³-hybridized carbons (Fsp3) is 0.500. The molecule has 1 aromatic carbocycles. The molecular formula is C20H27N3O5. The summed E-state index contributed by atoms with van der Waals surface area (Å²) in [7, 11) is 0. The minimum Gasteiger partial charge on any atom is -0.462 e. The zero-order chi connectivity index (χ0) is 20.7. The van der Waals surface area contributed by atoms with Crippen molar-refractivity contribution in [1.82, 2.24) is 10.2 Å². The zero-order valence-corrected chi connectivity index (χ0v) is 16.5. The van der Waals surface area contributed by atoms with Crippen LogP contribution in [0.4, 0.5) is 10.5 Å². The average Bonchev–Trinajstić information content (AvgIpc) is 2.87. The van der Waals surface area contributed by atoms with Gasteiger partial charge >= 0.3 is 12.0 Å². The largest absolute Gasteiger partial charge is 0.462 e. The predicted octanol–water partition coefficient (Wildman–Crippen LogP) is 2.69. The molecule has 0 radical (unpaired) electrons. The molecule has 0 bridgehead atoms. The third kappa shape index (κ3) is 4.68. The Morgan fingerprint density at radius 3 is 2.21 bits per heavy atom. The first-order valence-electron chi connectivity index (χ1n) is 9.58. The minimum absolute atomic E-state index is 0.279. The van der Waals surface area contributed by atoms with Gasteiger partial charge in [-0.25, -0.2) is 9.59 Å². The lowest BCUT2D eigenvalue weighted by molar-refractivity contribution is -0.134. The predicted molar refractivity (Wildman–Crippen MR) is 104 cm³/mol. The second kappa shape index (κ2) is 9.34. The van der Waals surface area contributed by atoms with E-state index in [1.807, 2.05) is 13.8 Å². The molecule has 1 fully saturated rings. The number of carbonyl (C=O) groups excluding carboxylic acids is 4. The van der Waals surface area contributed by atoms with Crippen molar-refractivity contribution in [3.05, 3.63) is 29.8 Å². The van der Waals surface area contributed by atoms with Crippen LogP contribution in [0.5, 0.6) is 0 Å². The first-order chi connectivity index (χ1) is 13.4. The van der Waals surface area contributed by atoms with Gasteiger partial charge in [0.2, 0.25) is 5.91 Å². The molecule has 1 aromatic rings. The maximum atomic E-state index is 12.8. The van der Waals surface area contributed by atoms with Crippen LogP contribution in [0.2, 0.25) is 0 Å². The molecule has 0 aliphatic carbocycles. The van der Waals surface area contributed by atoms with Crippen LogP contribution in [0.15, 0.2) is 24.3 Å². The molecule has 0 saturated carbocycles. The summed E-state index contributed by atoms with van der Waals surface area (Å²) in [6.45, 7) is 5.54. The summed E-state index contributed by atoms with van der Waals surface area (Å²) in [4.78, 5) is 50.0. The fourth-order valence-electron chi connectivity index (χ4n) is 3.39. The first kappa shape index (κ1) is 21.4. The summed E-state index contributed by atoms with van der Waals surface area (Å²) in [6, 6.07) is 5.66. The Hall–Kier alpha value is -2.90. The average molecular weight is 389 g/mol. The van der Waals surface area contributed by atoms with Gasteiger partial charge in [0.15, 0.2) is 0 Å². The molecule has 2 rings (SSSR count). The van der Waals surface area contributed by atoms with Crippen LogP contribution >= 0.6 is 0 Å². The van der Waals surface area contributed by atoms with E-state index in [1.54, 1.807) is 19.1 Å². The Morgan fingerprint density at radius 2 is 1.68 bits per heavy atom. The van der Waals surface area contributed by atoms with Crippen molar-refractivity contribution in [2.24, 2.45) is 0 Å². The molecule has 0 unspecified atom stereocenters. The molecule has 0 atom stereocenters. The van der Waals surface area contributed by atoms with Crippen LogP contribution in [0.3, 0.4) is 0 Å². The quantitative estimate of drug-likeness (QED) is 0.499. The second-order valence-corrected chi connectivity index (χ2v) is 6.75. The van der Waals surface area contributed by atoms with E-state index in [1.165, 1.54) is 12.1 Å². The molecule has 0 spiro atoms. The number of anilines is 1. The molecule has 8 heteroatoms. The summed E-state index contributed by atoms with van der Waals surface area (Å²) in [5.74, 6) is -1.28. The highest BCUT2D eigenvalue weighted by Gasteiger charge is 2.50. The lowest BCUT2D eigenvalue weighted by atomic mass is 9.88. The number of hydrogen-bond acceptors (Lipinski definition) is 5. The van der Waals surface area contributed by atoms with Gasteiger partial charge in [-0.3, -0.25) is 14.5 Å². The number of esters is 1. The first-order valence-corrected chi connectivity index (χ1v) is 9.58. The number of imide groups is 1. The van der Waals surface area contributed by atoms with Crippen molar-refractivity contribution in [3.63, 3.8) is 0 Å². The molecule has 0 aromatic heterocycles. The third-order valence-electron chi connectivity index (χ3n) is 4.58. The van der Waals surface area contributed by atoms with E-state index >= 15 is 0 Å². The molecule has 2 N–H and O–H groups in total. The van der Waals surface area contributed by atoms with E-state index in [-0.39, 0.29) is 19.1 Å². The fourth-order valence-corrected chi connectivity index (χ4v) is 3.39. The van der Waals surface area contributed by atoms with Crippen LogP contribution in [0.25, 0.3) is 0 Å². The Morgan fingerprint density at radius 1 is 1.07 bits per heavy atom. The van der Waals surface area contributed by atoms with E-state index in [0.29, 0.717) is 24.1 Å². The van der Waals surface area contributed by atoms with Crippen molar-refractivity contribution in [2.75, 3.05) is 18.5 Å². The number of ether oxygens (including phenoxy) is 1. The number of rotatable bonds is 9. The van der Waals surface area contributed by atoms with E-state index in [2.05, 4.69) is 10.6 Å². The summed E-state index contributed by atoms with van der Waals surface area (Å²) in [5.41, 5.74) is -0.0846. The number of urea groups is 1. The van der Waals surface area contributed by atoms with Gasteiger partial charge in [0.25, 0.3) is 5.91 Å². The highest BCUT2D eigenvalue weighted by atomic mass is 16.5. The summed E-state index contributed by atoms with van der Waals surface area (Å²) >= 11 is 0. The SMILES string of the molecule is CCCC1(CCC)NC(=O)N(CC(=O)Nc2ccc(C(=O)OCC)cc2)C1=O. The lowest BCUT2D eigenvalue weighted by Gasteiger charge is -2.25. The highest BCUT2D eigenvalue weighted by Crippen LogP contribution is 2.28. The van der Waals surface area contributed by atoms with Crippen molar-refractivity contribution >= 4 is 29.5 Å². The third-order valence-corrected chi connectivity index (χ3v) is 4.58. The van der Waals surface area contributed by atoms with Gasteiger partial charge in [-0.1, -0.05) is 26.7 Å². The second-order valence-electron chi connectivity index (χ2n) is 6.75. The standard InChI is InChI=1S/C20H27N3O5/c1-4-11-20(12-5-2)18(26)23(19(27)22-20)13-16(24)21-15-9-7-14(8-10-15)17(25)28-6-3/h7-10H,4-6,11-13H2,1-3H3,(H,21,24)(H,22,27). The van der Waals surface area contributed by atoms with Crippen LogP contribution in [0.1, 0.15) is 56.8 Å². The summed E-state index contributed by atoms with van der Waals surface area (Å²) < 4.78 is 4.91. The molecular weight excluding hydrogens is 362 g/mol. The van der Waals surface area contributed by atoms with Gasteiger partial charge in [0.05, 0.1) is 12.2 Å². The van der Waals surface area contributed by atoms with E-state index in [9.17, 15) is 19.2 Å². The number of benzene rings is 1.